The zero-order valence-corrected chi connectivity index (χ0v) is 11.3. The SMILES string of the molecule is CCCCn1cc[n+](CCCC)n1.[I-]. The summed E-state index contributed by atoms with van der Waals surface area (Å²) in [4.78, 5) is 0. The smallest absolute Gasteiger partial charge is 0.155 e. The van der Waals surface area contributed by atoms with Gasteiger partial charge in [-0.05, 0) is 12.8 Å². The van der Waals surface area contributed by atoms with Crippen molar-refractivity contribution in [1.82, 2.24) is 9.90 Å². The monoisotopic (exact) mass is 309 g/mol. The van der Waals surface area contributed by atoms with Gasteiger partial charge in [0.2, 0.25) is 0 Å². The standard InChI is InChI=1S/C10H20N3.HI/c1-3-5-7-12-9-10-13(11-12)8-6-4-2;/h9-10H,3-8H2,1-2H3;1H/q+1;/p-1. The first-order valence-corrected chi connectivity index (χ1v) is 5.30. The second-order valence-corrected chi connectivity index (χ2v) is 3.42. The molecule has 0 amide bonds. The summed E-state index contributed by atoms with van der Waals surface area (Å²) in [6.07, 6.45) is 9.02. The van der Waals surface area contributed by atoms with Crippen molar-refractivity contribution in [3.05, 3.63) is 12.4 Å². The van der Waals surface area contributed by atoms with Gasteiger partial charge in [0.15, 0.2) is 12.4 Å². The Kier molecular flexibility index (Phi) is 8.12. The molecule has 14 heavy (non-hydrogen) atoms. The summed E-state index contributed by atoms with van der Waals surface area (Å²) in [6, 6.07) is 0. The molecule has 0 aliphatic rings. The van der Waals surface area contributed by atoms with Crippen LogP contribution in [0.15, 0.2) is 12.4 Å². The fraction of sp³-hybridized carbons (Fsp3) is 0.800. The second-order valence-electron chi connectivity index (χ2n) is 3.42. The predicted molar refractivity (Wildman–Crippen MR) is 52.2 cm³/mol. The topological polar surface area (TPSA) is 21.7 Å². The quantitative estimate of drug-likeness (QED) is 0.477. The van der Waals surface area contributed by atoms with E-state index in [1.54, 1.807) is 0 Å². The Labute approximate surface area is 104 Å². The van der Waals surface area contributed by atoms with Gasteiger partial charge in [0.25, 0.3) is 0 Å². The molecule has 4 heteroatoms. The van der Waals surface area contributed by atoms with Crippen LogP contribution in [0.2, 0.25) is 0 Å². The highest BCUT2D eigenvalue weighted by Crippen LogP contribution is 1.91. The number of aryl methyl sites for hydroxylation is 2. The number of halogens is 1. The molecule has 1 heterocycles. The van der Waals surface area contributed by atoms with Crippen molar-refractivity contribution in [2.45, 2.75) is 52.6 Å². The Morgan fingerprint density at radius 1 is 1.21 bits per heavy atom. The average Bonchev–Trinajstić information content (AvgIpc) is 2.59. The Hall–Kier alpha value is -0.130. The summed E-state index contributed by atoms with van der Waals surface area (Å²) in [5.41, 5.74) is 0. The van der Waals surface area contributed by atoms with Crippen molar-refractivity contribution in [1.29, 1.82) is 0 Å². The lowest BCUT2D eigenvalue weighted by molar-refractivity contribution is -0.755. The molecule has 0 saturated heterocycles. The zero-order valence-electron chi connectivity index (χ0n) is 9.12. The molecule has 0 fully saturated rings. The maximum Gasteiger partial charge on any atom is 0.155 e. The van der Waals surface area contributed by atoms with Gasteiger partial charge < -0.3 is 24.0 Å². The van der Waals surface area contributed by atoms with E-state index in [9.17, 15) is 0 Å². The van der Waals surface area contributed by atoms with Gasteiger partial charge in [-0.1, -0.05) is 26.7 Å². The third kappa shape index (κ3) is 4.93. The molecule has 0 N–H and O–H groups in total. The van der Waals surface area contributed by atoms with Crippen LogP contribution in [0.5, 0.6) is 0 Å². The number of hydrogen-bond acceptors (Lipinski definition) is 1. The fourth-order valence-electron chi connectivity index (χ4n) is 1.24. The van der Waals surface area contributed by atoms with Crippen LogP contribution in [0.3, 0.4) is 0 Å². The number of hydrogen-bond donors (Lipinski definition) is 0. The van der Waals surface area contributed by atoms with E-state index < -0.39 is 0 Å². The van der Waals surface area contributed by atoms with Gasteiger partial charge in [-0.2, -0.15) is 0 Å². The minimum atomic E-state index is 0. The molecule has 1 rings (SSSR count). The molecule has 82 valence electrons. The molecule has 3 nitrogen and oxygen atoms in total. The van der Waals surface area contributed by atoms with E-state index in [1.807, 2.05) is 9.36 Å². The highest BCUT2D eigenvalue weighted by Gasteiger charge is 2.03. The van der Waals surface area contributed by atoms with E-state index >= 15 is 0 Å². The van der Waals surface area contributed by atoms with Crippen LogP contribution >= 0.6 is 0 Å². The van der Waals surface area contributed by atoms with Crippen molar-refractivity contribution in [3.63, 3.8) is 0 Å². The summed E-state index contributed by atoms with van der Waals surface area (Å²) in [5.74, 6) is 0. The van der Waals surface area contributed by atoms with Gasteiger partial charge in [-0.3, -0.25) is 0 Å². The number of nitrogens with zero attached hydrogens (tertiary/aromatic N) is 3. The van der Waals surface area contributed by atoms with Crippen molar-refractivity contribution in [3.8, 4) is 0 Å². The number of aromatic nitrogens is 3. The molecular formula is C10H20IN3. The van der Waals surface area contributed by atoms with Crippen LogP contribution in [-0.4, -0.2) is 9.90 Å². The van der Waals surface area contributed by atoms with Crippen LogP contribution in [0.25, 0.3) is 0 Å². The fourth-order valence-corrected chi connectivity index (χ4v) is 1.24. The summed E-state index contributed by atoms with van der Waals surface area (Å²) in [7, 11) is 0. The van der Waals surface area contributed by atoms with Gasteiger partial charge in [0.05, 0.1) is 5.21 Å². The van der Waals surface area contributed by atoms with Gasteiger partial charge in [-0.15, -0.1) is 9.36 Å². The van der Waals surface area contributed by atoms with Crippen LogP contribution in [-0.2, 0) is 13.1 Å². The molecule has 0 bridgehead atoms. The number of rotatable bonds is 6. The first-order valence-electron chi connectivity index (χ1n) is 5.30. The van der Waals surface area contributed by atoms with Crippen molar-refractivity contribution in [2.75, 3.05) is 0 Å². The average molecular weight is 309 g/mol. The van der Waals surface area contributed by atoms with Crippen LogP contribution in [0.1, 0.15) is 39.5 Å². The van der Waals surface area contributed by atoms with Crippen molar-refractivity contribution in [2.24, 2.45) is 0 Å². The number of unbranched alkanes of at least 4 members (excludes halogenated alkanes) is 2. The zero-order chi connectivity index (χ0) is 9.52. The van der Waals surface area contributed by atoms with E-state index in [-0.39, 0.29) is 24.0 Å². The van der Waals surface area contributed by atoms with E-state index in [0.29, 0.717) is 0 Å². The molecule has 0 radical (unpaired) electrons. The summed E-state index contributed by atoms with van der Waals surface area (Å²) >= 11 is 0. The normalized spacial score (nSPS) is 9.86. The van der Waals surface area contributed by atoms with Gasteiger partial charge in [0, 0.05) is 0 Å². The first kappa shape index (κ1) is 13.9. The highest BCUT2D eigenvalue weighted by molar-refractivity contribution is 4.57. The van der Waals surface area contributed by atoms with Gasteiger partial charge in [-0.25, -0.2) is 0 Å². The molecule has 0 unspecified atom stereocenters. The van der Waals surface area contributed by atoms with Crippen molar-refractivity contribution < 1.29 is 28.7 Å². The van der Waals surface area contributed by atoms with E-state index in [2.05, 4.69) is 31.5 Å². The molecule has 0 saturated carbocycles. The minimum absolute atomic E-state index is 0. The lowest BCUT2D eigenvalue weighted by Gasteiger charge is -1.91. The van der Waals surface area contributed by atoms with Gasteiger partial charge >= 0.3 is 0 Å². The van der Waals surface area contributed by atoms with Crippen LogP contribution in [0, 0.1) is 0 Å². The van der Waals surface area contributed by atoms with E-state index in [0.717, 1.165) is 13.1 Å². The molecule has 0 aliphatic carbocycles. The molecule has 0 aliphatic heterocycles. The Bertz CT molecular complexity index is 213. The summed E-state index contributed by atoms with van der Waals surface area (Å²) in [5, 5.41) is 4.42. The molecule has 1 aromatic rings. The Balaban J connectivity index is 0.00000169. The maximum atomic E-state index is 4.42. The Morgan fingerprint density at radius 3 is 2.57 bits per heavy atom. The Morgan fingerprint density at radius 2 is 1.93 bits per heavy atom. The first-order chi connectivity index (χ1) is 6.36. The molecule has 0 atom stereocenters. The second kappa shape index (κ2) is 8.20. The third-order valence-electron chi connectivity index (χ3n) is 2.12. The predicted octanol–water partition coefficient (Wildman–Crippen LogP) is -1.23. The molecule has 1 aromatic heterocycles. The van der Waals surface area contributed by atoms with Crippen molar-refractivity contribution >= 4 is 0 Å². The summed E-state index contributed by atoms with van der Waals surface area (Å²) < 4.78 is 4.05. The van der Waals surface area contributed by atoms with Crippen LogP contribution < -0.4 is 28.7 Å². The van der Waals surface area contributed by atoms with Crippen LogP contribution in [0.4, 0.5) is 0 Å². The lowest BCUT2D eigenvalue weighted by atomic mass is 10.3. The lowest BCUT2D eigenvalue weighted by Crippen LogP contribution is -3.00. The largest absolute Gasteiger partial charge is 1.00 e. The molecular weight excluding hydrogens is 289 g/mol. The third-order valence-corrected chi connectivity index (χ3v) is 2.12. The van der Waals surface area contributed by atoms with E-state index in [4.69, 9.17) is 0 Å². The van der Waals surface area contributed by atoms with E-state index in [1.165, 1.54) is 25.7 Å². The maximum absolute atomic E-state index is 4.42. The molecule has 0 spiro atoms. The summed E-state index contributed by atoms with van der Waals surface area (Å²) in [6.45, 7) is 6.51. The minimum Gasteiger partial charge on any atom is -1.00 e. The van der Waals surface area contributed by atoms with Gasteiger partial charge in [0.1, 0.15) is 13.1 Å². The highest BCUT2D eigenvalue weighted by atomic mass is 127. The molecule has 0 aromatic carbocycles.